The fourth-order valence-electron chi connectivity index (χ4n) is 3.55. The Morgan fingerprint density at radius 1 is 1.33 bits per heavy atom. The lowest BCUT2D eigenvalue weighted by atomic mass is 10.0. The van der Waals surface area contributed by atoms with Gasteiger partial charge in [0.2, 0.25) is 5.91 Å². The van der Waals surface area contributed by atoms with Gasteiger partial charge in [-0.05, 0) is 50.6 Å². The molecule has 2 heterocycles. The van der Waals surface area contributed by atoms with Crippen molar-refractivity contribution in [3.63, 3.8) is 0 Å². The smallest absolute Gasteiger partial charge is 0.221 e. The Hall–Kier alpha value is -1.89. The molecule has 1 amide bonds. The Labute approximate surface area is 165 Å². The predicted molar refractivity (Wildman–Crippen MR) is 108 cm³/mol. The van der Waals surface area contributed by atoms with Crippen LogP contribution in [0.3, 0.4) is 0 Å². The first-order valence-electron chi connectivity index (χ1n) is 9.58. The fraction of sp³-hybridized carbons (Fsp3) is 0.500. The second kappa shape index (κ2) is 9.35. The molecule has 1 aromatic heterocycles. The largest absolute Gasteiger partial charge is 0.354 e. The summed E-state index contributed by atoms with van der Waals surface area (Å²) in [6.45, 7) is 5.01. The molecular formula is C20H28ClN5O. The highest BCUT2D eigenvalue weighted by molar-refractivity contribution is 6.30. The number of nitrogens with zero attached hydrogens (tertiary/aromatic N) is 3. The summed E-state index contributed by atoms with van der Waals surface area (Å²) >= 11 is 5.98. The van der Waals surface area contributed by atoms with Crippen molar-refractivity contribution in [1.82, 2.24) is 20.0 Å². The van der Waals surface area contributed by atoms with E-state index in [-0.39, 0.29) is 5.91 Å². The monoisotopic (exact) mass is 389 g/mol. The average Bonchev–Trinajstić information content (AvgIpc) is 3.02. The van der Waals surface area contributed by atoms with Crippen molar-refractivity contribution in [1.29, 1.82) is 0 Å². The number of nitrogens with two attached hydrogens (primary N) is 1. The molecule has 1 fully saturated rings. The Kier molecular flexibility index (Phi) is 6.88. The van der Waals surface area contributed by atoms with Crippen molar-refractivity contribution in [3.05, 3.63) is 46.7 Å². The summed E-state index contributed by atoms with van der Waals surface area (Å²) in [6.07, 6.45) is 5.98. The number of benzene rings is 1. The zero-order valence-corrected chi connectivity index (χ0v) is 16.6. The van der Waals surface area contributed by atoms with Gasteiger partial charge in [0, 0.05) is 48.9 Å². The van der Waals surface area contributed by atoms with E-state index in [1.54, 1.807) is 0 Å². The number of aromatic nitrogens is 2. The van der Waals surface area contributed by atoms with Gasteiger partial charge in [0.1, 0.15) is 0 Å². The molecule has 146 valence electrons. The maximum Gasteiger partial charge on any atom is 0.221 e. The number of nitrogens with one attached hydrogen (secondary N) is 1. The van der Waals surface area contributed by atoms with Crippen LogP contribution in [0.25, 0.3) is 5.69 Å². The van der Waals surface area contributed by atoms with Crippen LogP contribution < -0.4 is 11.1 Å². The zero-order valence-electron chi connectivity index (χ0n) is 15.8. The van der Waals surface area contributed by atoms with E-state index in [2.05, 4.69) is 21.5 Å². The number of carbonyl (C=O) groups excluding carboxylic acids is 1. The highest BCUT2D eigenvalue weighted by Crippen LogP contribution is 2.22. The van der Waals surface area contributed by atoms with Crippen molar-refractivity contribution in [3.8, 4) is 5.69 Å². The second-order valence-electron chi connectivity index (χ2n) is 7.12. The molecule has 7 heteroatoms. The summed E-state index contributed by atoms with van der Waals surface area (Å²) in [7, 11) is 0. The van der Waals surface area contributed by atoms with Crippen LogP contribution in [0.2, 0.25) is 5.02 Å². The van der Waals surface area contributed by atoms with Crippen LogP contribution in [0.15, 0.2) is 30.5 Å². The summed E-state index contributed by atoms with van der Waals surface area (Å²) in [5, 5.41) is 8.41. The molecule has 0 saturated carbocycles. The molecule has 1 saturated heterocycles. The summed E-state index contributed by atoms with van der Waals surface area (Å²) < 4.78 is 1.91. The van der Waals surface area contributed by atoms with Crippen LogP contribution in [0.4, 0.5) is 0 Å². The van der Waals surface area contributed by atoms with Crippen molar-refractivity contribution in [2.24, 2.45) is 5.73 Å². The van der Waals surface area contributed by atoms with Crippen LogP contribution in [0.5, 0.6) is 0 Å². The first kappa shape index (κ1) is 19.9. The van der Waals surface area contributed by atoms with E-state index in [1.165, 1.54) is 18.4 Å². The summed E-state index contributed by atoms with van der Waals surface area (Å²) in [5.41, 5.74) is 8.70. The van der Waals surface area contributed by atoms with Gasteiger partial charge in [-0.15, -0.1) is 0 Å². The maximum atomic E-state index is 11.8. The first-order valence-corrected chi connectivity index (χ1v) is 9.96. The molecule has 3 N–H and O–H groups in total. The molecule has 6 nitrogen and oxygen atoms in total. The van der Waals surface area contributed by atoms with E-state index in [0.29, 0.717) is 25.6 Å². The summed E-state index contributed by atoms with van der Waals surface area (Å²) in [6, 6.07) is 8.04. The van der Waals surface area contributed by atoms with Gasteiger partial charge in [0.25, 0.3) is 0 Å². The average molecular weight is 390 g/mol. The van der Waals surface area contributed by atoms with Gasteiger partial charge in [-0.3, -0.25) is 9.69 Å². The number of hydrogen-bond acceptors (Lipinski definition) is 4. The fourth-order valence-corrected chi connectivity index (χ4v) is 3.67. The molecule has 1 aliphatic heterocycles. The lowest BCUT2D eigenvalue weighted by Gasteiger charge is -2.35. The highest BCUT2D eigenvalue weighted by Gasteiger charge is 2.24. The molecule has 1 aliphatic rings. The van der Waals surface area contributed by atoms with E-state index in [4.69, 9.17) is 17.3 Å². The van der Waals surface area contributed by atoms with Crippen molar-refractivity contribution >= 4 is 17.5 Å². The van der Waals surface area contributed by atoms with E-state index in [0.717, 1.165) is 35.9 Å². The number of halogens is 1. The molecule has 0 bridgehead atoms. The van der Waals surface area contributed by atoms with Crippen molar-refractivity contribution in [2.45, 2.75) is 45.2 Å². The first-order chi connectivity index (χ1) is 13.1. The topological polar surface area (TPSA) is 76.2 Å². The predicted octanol–water partition coefficient (Wildman–Crippen LogP) is 2.65. The molecular weight excluding hydrogens is 362 g/mol. The number of likely N-dealkylation sites (tertiary alicyclic amines) is 1. The third-order valence-electron chi connectivity index (χ3n) is 5.12. The number of hydrogen-bond donors (Lipinski definition) is 2. The van der Waals surface area contributed by atoms with Crippen molar-refractivity contribution < 1.29 is 4.79 Å². The van der Waals surface area contributed by atoms with E-state index in [1.807, 2.05) is 35.9 Å². The summed E-state index contributed by atoms with van der Waals surface area (Å²) in [4.78, 5) is 14.2. The van der Waals surface area contributed by atoms with E-state index in [9.17, 15) is 4.79 Å². The number of rotatable bonds is 7. The molecule has 1 unspecified atom stereocenters. The zero-order chi connectivity index (χ0) is 19.2. The Morgan fingerprint density at radius 3 is 2.85 bits per heavy atom. The van der Waals surface area contributed by atoms with Gasteiger partial charge in [-0.1, -0.05) is 18.0 Å². The van der Waals surface area contributed by atoms with Crippen LogP contribution in [0, 0.1) is 6.92 Å². The van der Waals surface area contributed by atoms with Crippen LogP contribution in [0.1, 0.15) is 36.9 Å². The molecule has 3 rings (SSSR count). The van der Waals surface area contributed by atoms with Gasteiger partial charge in [0.05, 0.1) is 11.4 Å². The van der Waals surface area contributed by atoms with Crippen LogP contribution in [-0.2, 0) is 11.3 Å². The second-order valence-corrected chi connectivity index (χ2v) is 7.56. The summed E-state index contributed by atoms with van der Waals surface area (Å²) in [5.74, 6) is 0.0368. The Bertz CT molecular complexity index is 758. The van der Waals surface area contributed by atoms with Gasteiger partial charge in [0.15, 0.2) is 0 Å². The minimum atomic E-state index is 0.0368. The molecule has 2 aromatic rings. The third kappa shape index (κ3) is 5.31. The van der Waals surface area contributed by atoms with Crippen LogP contribution >= 0.6 is 11.6 Å². The molecule has 0 spiro atoms. The van der Waals surface area contributed by atoms with E-state index >= 15 is 0 Å². The number of piperidine rings is 1. The lowest BCUT2D eigenvalue weighted by molar-refractivity contribution is -0.121. The van der Waals surface area contributed by atoms with Crippen molar-refractivity contribution in [2.75, 3.05) is 19.6 Å². The number of carbonyl (C=O) groups is 1. The van der Waals surface area contributed by atoms with Gasteiger partial charge in [-0.25, -0.2) is 4.68 Å². The Balaban J connectivity index is 1.67. The van der Waals surface area contributed by atoms with E-state index < -0.39 is 0 Å². The minimum Gasteiger partial charge on any atom is -0.354 e. The van der Waals surface area contributed by atoms with Gasteiger partial charge >= 0.3 is 0 Å². The quantitative estimate of drug-likeness (QED) is 0.763. The van der Waals surface area contributed by atoms with Gasteiger partial charge in [-0.2, -0.15) is 5.10 Å². The number of amides is 1. The standard InChI is InChI=1S/C20H28ClN5O/c1-15-16(14-26(24-15)18-7-5-17(21)6-8-18)13-25-11-3-2-4-19(25)12-23-20(27)9-10-22/h5-8,14,19H,2-4,9-13,22H2,1H3,(H,23,27). The minimum absolute atomic E-state index is 0.0368. The maximum absolute atomic E-state index is 11.8. The lowest BCUT2D eigenvalue weighted by Crippen LogP contribution is -2.46. The number of aryl methyl sites for hydroxylation is 1. The van der Waals surface area contributed by atoms with Crippen LogP contribution in [-0.4, -0.2) is 46.3 Å². The SMILES string of the molecule is Cc1nn(-c2ccc(Cl)cc2)cc1CN1CCCCC1CNC(=O)CCN. The molecule has 1 aromatic carbocycles. The Morgan fingerprint density at radius 2 is 2.11 bits per heavy atom. The molecule has 0 radical (unpaired) electrons. The molecule has 1 atom stereocenters. The normalized spacial score (nSPS) is 17.8. The molecule has 0 aliphatic carbocycles. The van der Waals surface area contributed by atoms with Gasteiger partial charge < -0.3 is 11.1 Å². The third-order valence-corrected chi connectivity index (χ3v) is 5.37. The highest BCUT2D eigenvalue weighted by atomic mass is 35.5. The molecule has 27 heavy (non-hydrogen) atoms.